The molecule has 8 nitrogen and oxygen atoms in total. The zero-order valence-electron chi connectivity index (χ0n) is 37.7. The molecule has 2 aliphatic rings. The van der Waals surface area contributed by atoms with Gasteiger partial charge in [0.25, 0.3) is 0 Å². The number of pyridine rings is 1. The molecule has 3 aromatic rings. The van der Waals surface area contributed by atoms with Crippen LogP contribution >= 0.6 is 15.9 Å². The van der Waals surface area contributed by atoms with Gasteiger partial charge in [-0.15, -0.1) is 0 Å². The number of hydrogen-bond donors (Lipinski definition) is 1. The van der Waals surface area contributed by atoms with Crippen molar-refractivity contribution in [2.24, 2.45) is 5.92 Å². The Morgan fingerprint density at radius 2 is 1.36 bits per heavy atom. The first-order valence-electron chi connectivity index (χ1n) is 20.8. The van der Waals surface area contributed by atoms with Crippen LogP contribution < -0.4 is 5.32 Å². The molecule has 0 radical (unpaired) electrons. The lowest BCUT2D eigenvalue weighted by Crippen LogP contribution is -2.53. The summed E-state index contributed by atoms with van der Waals surface area (Å²) in [4.78, 5) is 33.3. The number of nitrogens with one attached hydrogen (secondary N) is 1. The summed E-state index contributed by atoms with van der Waals surface area (Å²) in [6.07, 6.45) is 1.06. The van der Waals surface area contributed by atoms with Crippen LogP contribution in [0.4, 0.5) is 0 Å². The Morgan fingerprint density at radius 3 is 1.86 bits per heavy atom. The lowest BCUT2D eigenvalue weighted by atomic mass is 9.89. The van der Waals surface area contributed by atoms with Gasteiger partial charge < -0.3 is 18.3 Å². The van der Waals surface area contributed by atoms with E-state index in [2.05, 4.69) is 138 Å². The van der Waals surface area contributed by atoms with Gasteiger partial charge in [-0.05, 0) is 110 Å². The first-order valence-corrected chi connectivity index (χ1v) is 27.4. The SMILES string of the molecule is CC(C)[C@H](N[C@@H]1C=C(Br)c2c([C@H](C)O[Si](C)(C)C(C)(C)C)cc(C(=O)OC(C)(C)C)nc2[C@H]1O[Si](C)(C)C(C)(C)C)C(=O)OCC1c2ccccc2-c2ccccc21. The fourth-order valence-electron chi connectivity index (χ4n) is 7.18. The van der Waals surface area contributed by atoms with E-state index < -0.39 is 46.4 Å². The molecular weight excluding hydrogens is 825 g/mol. The van der Waals surface area contributed by atoms with Gasteiger partial charge in [0.1, 0.15) is 30.0 Å². The fourth-order valence-corrected chi connectivity index (χ4v) is 10.5. The van der Waals surface area contributed by atoms with Crippen LogP contribution in [0.1, 0.15) is 140 Å². The van der Waals surface area contributed by atoms with E-state index >= 15 is 0 Å². The summed E-state index contributed by atoms with van der Waals surface area (Å²) < 4.78 is 27.3. The van der Waals surface area contributed by atoms with Gasteiger partial charge in [0.15, 0.2) is 16.6 Å². The van der Waals surface area contributed by atoms with E-state index in [1.165, 1.54) is 22.3 Å². The Kier molecular flexibility index (Phi) is 13.4. The third-order valence-corrected chi connectivity index (χ3v) is 22.1. The number of carbonyl (C=O) groups excluding carboxylic acids is 2. The first-order chi connectivity index (χ1) is 26.6. The number of nitrogens with zero attached hydrogens (tertiary/aromatic N) is 1. The van der Waals surface area contributed by atoms with Crippen molar-refractivity contribution in [3.05, 3.63) is 94.3 Å². The second-order valence-corrected chi connectivity index (χ2v) is 30.8. The van der Waals surface area contributed by atoms with Crippen molar-refractivity contribution in [2.75, 3.05) is 6.61 Å². The average Bonchev–Trinajstić information content (AvgIpc) is 3.41. The molecule has 0 fully saturated rings. The van der Waals surface area contributed by atoms with Crippen molar-refractivity contribution >= 4 is 49.0 Å². The Balaban J connectivity index is 1.58. The van der Waals surface area contributed by atoms with Crippen LogP contribution in [0, 0.1) is 5.92 Å². The highest BCUT2D eigenvalue weighted by Crippen LogP contribution is 2.49. The number of rotatable bonds is 12. The van der Waals surface area contributed by atoms with E-state index in [4.69, 9.17) is 23.3 Å². The molecule has 0 bridgehead atoms. The molecule has 0 saturated carbocycles. The van der Waals surface area contributed by atoms with E-state index in [-0.39, 0.29) is 46.3 Å². The Bertz CT molecular complexity index is 2000. The minimum atomic E-state index is -2.50. The number of carbonyl (C=O) groups is 2. The van der Waals surface area contributed by atoms with E-state index in [0.717, 1.165) is 15.6 Å². The molecule has 1 heterocycles. The monoisotopic (exact) mass is 890 g/mol. The summed E-state index contributed by atoms with van der Waals surface area (Å²) in [6.45, 7) is 34.0. The topological polar surface area (TPSA) is 96.0 Å². The summed E-state index contributed by atoms with van der Waals surface area (Å²) in [5.74, 6) is -1.02. The summed E-state index contributed by atoms with van der Waals surface area (Å²) in [7, 11) is -4.76. The van der Waals surface area contributed by atoms with Gasteiger partial charge in [-0.2, -0.15) is 0 Å². The maximum atomic E-state index is 14.3. The first kappa shape index (κ1) is 46.1. The number of fused-ring (bicyclic) bond motifs is 4. The maximum Gasteiger partial charge on any atom is 0.357 e. The Labute approximate surface area is 358 Å². The van der Waals surface area contributed by atoms with Gasteiger partial charge in [0, 0.05) is 16.0 Å². The predicted octanol–water partition coefficient (Wildman–Crippen LogP) is 12.3. The number of hydrogen-bond acceptors (Lipinski definition) is 8. The van der Waals surface area contributed by atoms with Gasteiger partial charge in [0.05, 0.1) is 17.8 Å². The number of halogens is 1. The standard InChI is InChI=1S/C47H67BrN2O6Si2/c1-28(2)40(44(52)53-27-35-32-23-19-17-21-30(32)31-22-18-20-24-33(31)35)49-37-26-36(48)39-34(29(3)55-57(13,14)46(7,8)9)25-38(43(51)54-45(4,5)6)50-41(39)42(37)56-58(15,16)47(10,11)12/h17-26,28-29,35,37,40,42,49H,27H2,1-16H3/t29-,37+,40-,42-/m0/s1. The zero-order valence-corrected chi connectivity index (χ0v) is 41.3. The third-order valence-electron chi connectivity index (χ3n) is 12.4. The van der Waals surface area contributed by atoms with Crippen LogP contribution in [-0.2, 0) is 23.1 Å². The highest BCUT2D eigenvalue weighted by atomic mass is 79.9. The summed E-state index contributed by atoms with van der Waals surface area (Å²) in [6, 6.07) is 17.4. The van der Waals surface area contributed by atoms with Gasteiger partial charge in [-0.1, -0.05) is 120 Å². The van der Waals surface area contributed by atoms with Crippen LogP contribution in [0.2, 0.25) is 36.3 Å². The molecule has 0 unspecified atom stereocenters. The van der Waals surface area contributed by atoms with Crippen molar-refractivity contribution in [3.8, 4) is 11.1 Å². The van der Waals surface area contributed by atoms with E-state index in [1.807, 2.05) is 52.8 Å². The molecule has 1 aromatic heterocycles. The van der Waals surface area contributed by atoms with Gasteiger partial charge in [-0.25, -0.2) is 9.78 Å². The predicted molar refractivity (Wildman–Crippen MR) is 244 cm³/mol. The molecule has 5 rings (SSSR count). The zero-order chi connectivity index (χ0) is 43.3. The van der Waals surface area contributed by atoms with Crippen LogP contribution in [0.5, 0.6) is 0 Å². The molecular formula is C47H67BrN2O6Si2. The van der Waals surface area contributed by atoms with Gasteiger partial charge >= 0.3 is 11.9 Å². The van der Waals surface area contributed by atoms with Gasteiger partial charge in [-0.3, -0.25) is 10.1 Å². The molecule has 58 heavy (non-hydrogen) atoms. The second-order valence-electron chi connectivity index (χ2n) is 20.5. The Morgan fingerprint density at radius 1 is 0.828 bits per heavy atom. The summed E-state index contributed by atoms with van der Waals surface area (Å²) >= 11 is 3.95. The van der Waals surface area contributed by atoms with Crippen LogP contribution in [0.25, 0.3) is 15.6 Å². The van der Waals surface area contributed by atoms with Crippen molar-refractivity contribution in [1.29, 1.82) is 0 Å². The minimum absolute atomic E-state index is 0.0383. The van der Waals surface area contributed by atoms with Crippen LogP contribution in [-0.4, -0.2) is 57.8 Å². The van der Waals surface area contributed by atoms with Crippen molar-refractivity contribution in [2.45, 2.75) is 155 Å². The Hall–Kier alpha value is -2.94. The van der Waals surface area contributed by atoms with E-state index in [0.29, 0.717) is 5.69 Å². The molecule has 1 N–H and O–H groups in total. The molecule has 4 atom stereocenters. The molecule has 0 spiro atoms. The van der Waals surface area contributed by atoms with Crippen LogP contribution in [0.15, 0.2) is 60.7 Å². The lowest BCUT2D eigenvalue weighted by Gasteiger charge is -2.44. The van der Waals surface area contributed by atoms with E-state index in [9.17, 15) is 9.59 Å². The van der Waals surface area contributed by atoms with Crippen molar-refractivity contribution < 1.29 is 27.9 Å². The molecule has 0 aliphatic heterocycles. The average molecular weight is 892 g/mol. The largest absolute Gasteiger partial charge is 0.464 e. The fraction of sp³-hybridized carbons (Fsp3) is 0.553. The summed E-state index contributed by atoms with van der Waals surface area (Å²) in [5, 5.41) is 3.51. The number of esters is 2. The molecule has 0 saturated heterocycles. The molecule has 2 aromatic carbocycles. The molecule has 2 aliphatic carbocycles. The number of benzene rings is 2. The molecule has 0 amide bonds. The highest BCUT2D eigenvalue weighted by molar-refractivity contribution is 9.15. The third kappa shape index (κ3) is 9.81. The van der Waals surface area contributed by atoms with Gasteiger partial charge in [0.2, 0.25) is 0 Å². The number of aromatic nitrogens is 1. The normalized spacial score (nSPS) is 18.6. The highest BCUT2D eigenvalue weighted by Gasteiger charge is 2.46. The lowest BCUT2D eigenvalue weighted by molar-refractivity contribution is -0.148. The van der Waals surface area contributed by atoms with Crippen molar-refractivity contribution in [3.63, 3.8) is 0 Å². The molecule has 11 heteroatoms. The molecule has 316 valence electrons. The van der Waals surface area contributed by atoms with Crippen LogP contribution in [0.3, 0.4) is 0 Å². The quantitative estimate of drug-likeness (QED) is 0.142. The maximum absolute atomic E-state index is 14.3. The minimum Gasteiger partial charge on any atom is -0.464 e. The van der Waals surface area contributed by atoms with Crippen molar-refractivity contribution in [1.82, 2.24) is 10.3 Å². The summed E-state index contributed by atoms with van der Waals surface area (Å²) in [5.41, 5.74) is 6.43. The number of ether oxygens (including phenoxy) is 2. The van der Waals surface area contributed by atoms with E-state index in [1.54, 1.807) is 0 Å². The second kappa shape index (κ2) is 16.8. The smallest absolute Gasteiger partial charge is 0.357 e.